The lowest BCUT2D eigenvalue weighted by atomic mass is 10.2. The number of nitriles is 1. The standard InChI is InChI=1S/C13H10BrN3/c14-10-2-1-3-11(7-10)17-13-6-9(8-15)4-5-12(13)16/h1-7,17H,16H2. The molecule has 0 aliphatic heterocycles. The van der Waals surface area contributed by atoms with Crippen LogP contribution in [0.4, 0.5) is 17.1 Å². The molecule has 2 aromatic rings. The molecule has 0 spiro atoms. The van der Waals surface area contributed by atoms with Gasteiger partial charge in [0.1, 0.15) is 0 Å². The van der Waals surface area contributed by atoms with Gasteiger partial charge in [-0.3, -0.25) is 0 Å². The second-order valence-electron chi connectivity index (χ2n) is 3.55. The lowest BCUT2D eigenvalue weighted by Crippen LogP contribution is -1.96. The Labute approximate surface area is 108 Å². The number of hydrogen-bond acceptors (Lipinski definition) is 3. The predicted octanol–water partition coefficient (Wildman–Crippen LogP) is 3.65. The molecule has 0 aromatic heterocycles. The lowest BCUT2D eigenvalue weighted by Gasteiger charge is -2.09. The predicted molar refractivity (Wildman–Crippen MR) is 73.0 cm³/mol. The number of rotatable bonds is 2. The average Bonchev–Trinajstić information content (AvgIpc) is 2.32. The average molecular weight is 288 g/mol. The van der Waals surface area contributed by atoms with Crippen molar-refractivity contribution in [2.75, 3.05) is 11.1 Å². The Hall–Kier alpha value is -1.99. The largest absolute Gasteiger partial charge is 0.397 e. The van der Waals surface area contributed by atoms with Crippen molar-refractivity contribution in [3.63, 3.8) is 0 Å². The van der Waals surface area contributed by atoms with Gasteiger partial charge in [-0.05, 0) is 36.4 Å². The van der Waals surface area contributed by atoms with E-state index in [1.54, 1.807) is 18.2 Å². The van der Waals surface area contributed by atoms with Gasteiger partial charge in [0.25, 0.3) is 0 Å². The Bertz CT molecular complexity index is 587. The molecule has 0 bridgehead atoms. The molecule has 2 rings (SSSR count). The van der Waals surface area contributed by atoms with Crippen molar-refractivity contribution < 1.29 is 0 Å². The van der Waals surface area contributed by atoms with Crippen molar-refractivity contribution in [1.82, 2.24) is 0 Å². The maximum atomic E-state index is 8.84. The third-order valence-electron chi connectivity index (χ3n) is 2.29. The minimum atomic E-state index is 0.580. The zero-order valence-electron chi connectivity index (χ0n) is 8.94. The van der Waals surface area contributed by atoms with Gasteiger partial charge in [0.15, 0.2) is 0 Å². The number of nitrogens with zero attached hydrogens (tertiary/aromatic N) is 1. The monoisotopic (exact) mass is 287 g/mol. The van der Waals surface area contributed by atoms with Crippen LogP contribution in [-0.2, 0) is 0 Å². The fraction of sp³-hybridized carbons (Fsp3) is 0. The van der Waals surface area contributed by atoms with Crippen LogP contribution in [0.1, 0.15) is 5.56 Å². The molecule has 17 heavy (non-hydrogen) atoms. The zero-order chi connectivity index (χ0) is 12.3. The normalized spacial score (nSPS) is 9.65. The number of hydrogen-bond donors (Lipinski definition) is 2. The molecule has 0 heterocycles. The molecule has 3 N–H and O–H groups in total. The van der Waals surface area contributed by atoms with Crippen molar-refractivity contribution in [1.29, 1.82) is 5.26 Å². The van der Waals surface area contributed by atoms with Gasteiger partial charge in [-0.15, -0.1) is 0 Å². The highest BCUT2D eigenvalue weighted by Gasteiger charge is 2.01. The summed E-state index contributed by atoms with van der Waals surface area (Å²) in [6.45, 7) is 0. The van der Waals surface area contributed by atoms with E-state index in [1.165, 1.54) is 0 Å². The zero-order valence-corrected chi connectivity index (χ0v) is 10.5. The van der Waals surface area contributed by atoms with Crippen molar-refractivity contribution in [3.05, 3.63) is 52.5 Å². The van der Waals surface area contributed by atoms with Gasteiger partial charge in [0.05, 0.1) is 23.0 Å². The Morgan fingerprint density at radius 1 is 1.18 bits per heavy atom. The Morgan fingerprint density at radius 2 is 2.00 bits per heavy atom. The molecular weight excluding hydrogens is 278 g/mol. The Kier molecular flexibility index (Phi) is 3.31. The van der Waals surface area contributed by atoms with E-state index >= 15 is 0 Å². The van der Waals surface area contributed by atoms with Crippen LogP contribution in [-0.4, -0.2) is 0 Å². The van der Waals surface area contributed by atoms with Gasteiger partial charge >= 0.3 is 0 Å². The summed E-state index contributed by atoms with van der Waals surface area (Å²) in [5.41, 5.74) is 8.70. The first kappa shape index (κ1) is 11.5. The number of nitrogen functional groups attached to an aromatic ring is 1. The van der Waals surface area contributed by atoms with Gasteiger partial charge < -0.3 is 11.1 Å². The topological polar surface area (TPSA) is 61.8 Å². The van der Waals surface area contributed by atoms with E-state index in [0.717, 1.165) is 15.8 Å². The molecule has 0 atom stereocenters. The minimum Gasteiger partial charge on any atom is -0.397 e. The molecule has 0 saturated heterocycles. The Morgan fingerprint density at radius 3 is 2.71 bits per heavy atom. The second kappa shape index (κ2) is 4.89. The maximum absolute atomic E-state index is 8.84. The quantitative estimate of drug-likeness (QED) is 0.829. The van der Waals surface area contributed by atoms with Crippen LogP contribution in [0.3, 0.4) is 0 Å². The van der Waals surface area contributed by atoms with Gasteiger partial charge in [-0.2, -0.15) is 5.26 Å². The fourth-order valence-corrected chi connectivity index (χ4v) is 1.86. The molecule has 0 unspecified atom stereocenters. The van der Waals surface area contributed by atoms with E-state index < -0.39 is 0 Å². The summed E-state index contributed by atoms with van der Waals surface area (Å²) in [7, 11) is 0. The van der Waals surface area contributed by atoms with E-state index in [9.17, 15) is 0 Å². The van der Waals surface area contributed by atoms with E-state index in [2.05, 4.69) is 27.3 Å². The molecule has 0 fully saturated rings. The van der Waals surface area contributed by atoms with E-state index in [1.807, 2.05) is 24.3 Å². The first-order valence-electron chi connectivity index (χ1n) is 5.01. The first-order chi connectivity index (χ1) is 8.19. The summed E-state index contributed by atoms with van der Waals surface area (Å²) in [6.07, 6.45) is 0. The molecule has 2 aromatic carbocycles. The van der Waals surface area contributed by atoms with E-state index in [4.69, 9.17) is 11.0 Å². The number of halogens is 1. The number of nitrogens with one attached hydrogen (secondary N) is 1. The smallest absolute Gasteiger partial charge is 0.0992 e. The van der Waals surface area contributed by atoms with Crippen LogP contribution in [0.5, 0.6) is 0 Å². The highest BCUT2D eigenvalue weighted by molar-refractivity contribution is 9.10. The number of nitrogens with two attached hydrogens (primary N) is 1. The second-order valence-corrected chi connectivity index (χ2v) is 4.46. The van der Waals surface area contributed by atoms with Crippen LogP contribution >= 0.6 is 15.9 Å². The number of anilines is 3. The molecule has 0 aliphatic carbocycles. The lowest BCUT2D eigenvalue weighted by molar-refractivity contribution is 1.47. The van der Waals surface area contributed by atoms with Crippen molar-refractivity contribution in [2.24, 2.45) is 0 Å². The highest BCUT2D eigenvalue weighted by atomic mass is 79.9. The summed E-state index contributed by atoms with van der Waals surface area (Å²) in [5.74, 6) is 0. The van der Waals surface area contributed by atoms with Crippen molar-refractivity contribution in [2.45, 2.75) is 0 Å². The molecular formula is C13H10BrN3. The molecule has 0 saturated carbocycles. The van der Waals surface area contributed by atoms with Crippen molar-refractivity contribution in [3.8, 4) is 6.07 Å². The third kappa shape index (κ3) is 2.77. The molecule has 84 valence electrons. The number of benzene rings is 2. The van der Waals surface area contributed by atoms with Crippen LogP contribution in [0.25, 0.3) is 0 Å². The molecule has 4 heteroatoms. The van der Waals surface area contributed by atoms with Crippen LogP contribution < -0.4 is 11.1 Å². The minimum absolute atomic E-state index is 0.580. The summed E-state index contributed by atoms with van der Waals surface area (Å²) in [6, 6.07) is 15.0. The van der Waals surface area contributed by atoms with Crippen LogP contribution in [0.15, 0.2) is 46.9 Å². The van der Waals surface area contributed by atoms with Crippen molar-refractivity contribution >= 4 is 33.0 Å². The highest BCUT2D eigenvalue weighted by Crippen LogP contribution is 2.25. The van der Waals surface area contributed by atoms with Crippen LogP contribution in [0, 0.1) is 11.3 Å². The maximum Gasteiger partial charge on any atom is 0.0992 e. The summed E-state index contributed by atoms with van der Waals surface area (Å²) in [4.78, 5) is 0. The van der Waals surface area contributed by atoms with Gasteiger partial charge in [0, 0.05) is 10.2 Å². The Balaban J connectivity index is 2.33. The molecule has 0 radical (unpaired) electrons. The van der Waals surface area contributed by atoms with Gasteiger partial charge in [0.2, 0.25) is 0 Å². The SMILES string of the molecule is N#Cc1ccc(N)c(Nc2cccc(Br)c2)c1. The summed E-state index contributed by atoms with van der Waals surface area (Å²) in [5, 5.41) is 12.0. The van der Waals surface area contributed by atoms with E-state index in [0.29, 0.717) is 11.3 Å². The molecule has 0 amide bonds. The summed E-state index contributed by atoms with van der Waals surface area (Å²) >= 11 is 3.40. The molecule has 3 nitrogen and oxygen atoms in total. The van der Waals surface area contributed by atoms with Gasteiger partial charge in [-0.25, -0.2) is 0 Å². The first-order valence-corrected chi connectivity index (χ1v) is 5.80. The van der Waals surface area contributed by atoms with E-state index in [-0.39, 0.29) is 0 Å². The third-order valence-corrected chi connectivity index (χ3v) is 2.78. The fourth-order valence-electron chi connectivity index (χ4n) is 1.46. The summed E-state index contributed by atoms with van der Waals surface area (Å²) < 4.78 is 0.984. The van der Waals surface area contributed by atoms with Crippen LogP contribution in [0.2, 0.25) is 0 Å². The van der Waals surface area contributed by atoms with Gasteiger partial charge in [-0.1, -0.05) is 22.0 Å². The molecule has 0 aliphatic rings.